The molecule has 9 heteroatoms. The highest BCUT2D eigenvalue weighted by Crippen LogP contribution is 2.21. The van der Waals surface area contributed by atoms with Crippen LogP contribution in [0.25, 0.3) is 16.6 Å². The summed E-state index contributed by atoms with van der Waals surface area (Å²) in [4.78, 5) is 40.2. The molecule has 0 fully saturated rings. The van der Waals surface area contributed by atoms with Gasteiger partial charge in [-0.25, -0.2) is 18.1 Å². The normalized spacial score (nSPS) is 12.0. The third kappa shape index (κ3) is 4.74. The van der Waals surface area contributed by atoms with Gasteiger partial charge in [0.2, 0.25) is 5.91 Å². The molecule has 4 rings (SSSR count). The molecule has 0 saturated heterocycles. The first-order valence-corrected chi connectivity index (χ1v) is 11.3. The summed E-state index contributed by atoms with van der Waals surface area (Å²) in [6, 6.07) is 13.3. The first kappa shape index (κ1) is 24.3. The Bertz CT molecular complexity index is 1550. The van der Waals surface area contributed by atoms with Crippen molar-refractivity contribution in [2.45, 2.75) is 32.9 Å². The second-order valence-electron chi connectivity index (χ2n) is 8.18. The number of hydrogen-bond acceptors (Lipinski definition) is 3. The number of aromatic nitrogens is 2. The second kappa shape index (κ2) is 9.84. The molecule has 0 aliphatic carbocycles. The molecule has 1 atom stereocenters. The molecule has 0 aliphatic rings. The maximum atomic E-state index is 13.8. The summed E-state index contributed by atoms with van der Waals surface area (Å²) in [6.07, 6.45) is 0.251. The molecule has 35 heavy (non-hydrogen) atoms. The van der Waals surface area contributed by atoms with Crippen LogP contribution in [0.1, 0.15) is 30.5 Å². The maximum absolute atomic E-state index is 13.8. The minimum Gasteiger partial charge on any atom is -0.350 e. The zero-order chi connectivity index (χ0) is 25.3. The molecule has 1 heterocycles. The number of halogens is 3. The number of amides is 1. The van der Waals surface area contributed by atoms with Crippen LogP contribution in [0.2, 0.25) is 5.02 Å². The summed E-state index contributed by atoms with van der Waals surface area (Å²) < 4.78 is 29.1. The van der Waals surface area contributed by atoms with Crippen LogP contribution in [-0.2, 0) is 11.3 Å². The van der Waals surface area contributed by atoms with Gasteiger partial charge in [0.25, 0.3) is 5.56 Å². The van der Waals surface area contributed by atoms with Crippen LogP contribution < -0.4 is 16.6 Å². The van der Waals surface area contributed by atoms with E-state index in [0.717, 1.165) is 16.2 Å². The third-order valence-corrected chi connectivity index (χ3v) is 6.07. The predicted octanol–water partition coefficient (Wildman–Crippen LogP) is 4.66. The fourth-order valence-corrected chi connectivity index (χ4v) is 4.17. The first-order valence-electron chi connectivity index (χ1n) is 11.0. The van der Waals surface area contributed by atoms with Crippen molar-refractivity contribution in [3.63, 3.8) is 0 Å². The maximum Gasteiger partial charge on any atom is 0.336 e. The van der Waals surface area contributed by atoms with E-state index in [1.165, 1.54) is 28.8 Å². The van der Waals surface area contributed by atoms with Crippen LogP contribution in [0.5, 0.6) is 0 Å². The molecule has 0 bridgehead atoms. The summed E-state index contributed by atoms with van der Waals surface area (Å²) in [5.74, 6) is -1.52. The molecular formula is C26H22ClF2N3O3. The second-order valence-corrected chi connectivity index (χ2v) is 8.59. The van der Waals surface area contributed by atoms with Gasteiger partial charge in [-0.3, -0.25) is 14.2 Å². The predicted molar refractivity (Wildman–Crippen MR) is 131 cm³/mol. The van der Waals surface area contributed by atoms with Gasteiger partial charge >= 0.3 is 5.69 Å². The first-order chi connectivity index (χ1) is 16.7. The molecule has 4 aromatic rings. The Balaban J connectivity index is 1.86. The minimum atomic E-state index is -0.948. The highest BCUT2D eigenvalue weighted by atomic mass is 35.5. The van der Waals surface area contributed by atoms with Gasteiger partial charge in [-0.05, 0) is 61.4 Å². The van der Waals surface area contributed by atoms with Crippen molar-refractivity contribution in [2.75, 3.05) is 0 Å². The highest BCUT2D eigenvalue weighted by Gasteiger charge is 2.25. The molecule has 0 aliphatic heterocycles. The quantitative estimate of drug-likeness (QED) is 0.421. The molecule has 1 amide bonds. The number of rotatable bonds is 6. The lowest BCUT2D eigenvalue weighted by Crippen LogP contribution is -2.44. The minimum absolute atomic E-state index is 0.0881. The fourth-order valence-electron chi connectivity index (χ4n) is 4.00. The van der Waals surface area contributed by atoms with Crippen molar-refractivity contribution in [3.05, 3.63) is 109 Å². The molecule has 0 radical (unpaired) electrons. The van der Waals surface area contributed by atoms with E-state index in [9.17, 15) is 23.2 Å². The summed E-state index contributed by atoms with van der Waals surface area (Å²) in [6.45, 7) is 3.69. The van der Waals surface area contributed by atoms with E-state index in [2.05, 4.69) is 5.32 Å². The van der Waals surface area contributed by atoms with Crippen molar-refractivity contribution in [2.24, 2.45) is 0 Å². The van der Waals surface area contributed by atoms with Crippen LogP contribution >= 0.6 is 11.6 Å². The van der Waals surface area contributed by atoms with Crippen molar-refractivity contribution in [1.29, 1.82) is 0 Å². The monoisotopic (exact) mass is 497 g/mol. The molecular weight excluding hydrogens is 476 g/mol. The van der Waals surface area contributed by atoms with Gasteiger partial charge < -0.3 is 5.32 Å². The number of carbonyl (C=O) groups is 1. The average molecular weight is 498 g/mol. The SMILES string of the molecule is CC[C@@H](C(=O)NCc1ccc(F)cc1)n1c(=O)n(-c2ccc(F)c(Cl)c2)c(=O)c2cc(C)ccc21. The number of carbonyl (C=O) groups excluding carboxylic acids is 1. The Morgan fingerprint density at radius 1 is 1.03 bits per heavy atom. The van der Waals surface area contributed by atoms with Gasteiger partial charge in [0.15, 0.2) is 0 Å². The molecule has 0 unspecified atom stereocenters. The highest BCUT2D eigenvalue weighted by molar-refractivity contribution is 6.30. The Morgan fingerprint density at radius 2 is 1.74 bits per heavy atom. The largest absolute Gasteiger partial charge is 0.350 e. The van der Waals surface area contributed by atoms with Gasteiger partial charge in [-0.1, -0.05) is 42.3 Å². The van der Waals surface area contributed by atoms with E-state index in [4.69, 9.17) is 11.6 Å². The summed E-state index contributed by atoms with van der Waals surface area (Å²) in [7, 11) is 0. The standard InChI is InChI=1S/C26H22ClF2N3O3/c1-3-22(24(33)30-14-16-5-7-17(28)8-6-16)32-23-11-4-15(2)12-19(23)25(34)31(26(32)35)18-9-10-21(29)20(27)13-18/h4-13,22H,3,14H2,1-2H3,(H,30,33)/t22-/m0/s1. The topological polar surface area (TPSA) is 73.1 Å². The van der Waals surface area contributed by atoms with Crippen molar-refractivity contribution < 1.29 is 13.6 Å². The molecule has 1 aromatic heterocycles. The van der Waals surface area contributed by atoms with E-state index in [-0.39, 0.29) is 34.9 Å². The third-order valence-electron chi connectivity index (χ3n) is 5.78. The summed E-state index contributed by atoms with van der Waals surface area (Å²) >= 11 is 5.91. The molecule has 3 aromatic carbocycles. The van der Waals surface area contributed by atoms with Crippen molar-refractivity contribution in [1.82, 2.24) is 14.5 Å². The van der Waals surface area contributed by atoms with Crippen LogP contribution in [0.3, 0.4) is 0 Å². The molecule has 0 saturated carbocycles. The number of nitrogens with one attached hydrogen (secondary N) is 1. The van der Waals surface area contributed by atoms with Crippen molar-refractivity contribution >= 4 is 28.4 Å². The number of aryl methyl sites for hydroxylation is 1. The zero-order valence-electron chi connectivity index (χ0n) is 19.0. The molecule has 6 nitrogen and oxygen atoms in total. The zero-order valence-corrected chi connectivity index (χ0v) is 19.8. The van der Waals surface area contributed by atoms with Gasteiger partial charge in [0.1, 0.15) is 17.7 Å². The van der Waals surface area contributed by atoms with E-state index < -0.39 is 29.0 Å². The lowest BCUT2D eigenvalue weighted by atomic mass is 10.1. The molecule has 180 valence electrons. The van der Waals surface area contributed by atoms with E-state index in [0.29, 0.717) is 11.1 Å². The smallest absolute Gasteiger partial charge is 0.336 e. The van der Waals surface area contributed by atoms with Gasteiger partial charge in [0, 0.05) is 6.54 Å². The number of hydrogen-bond donors (Lipinski definition) is 1. The van der Waals surface area contributed by atoms with E-state index >= 15 is 0 Å². The van der Waals surface area contributed by atoms with Crippen LogP contribution in [-0.4, -0.2) is 15.0 Å². The molecule has 0 spiro atoms. The lowest BCUT2D eigenvalue weighted by molar-refractivity contribution is -0.124. The lowest BCUT2D eigenvalue weighted by Gasteiger charge is -2.22. The van der Waals surface area contributed by atoms with Gasteiger partial charge in [0.05, 0.1) is 21.6 Å². The Hall–Kier alpha value is -3.78. The van der Waals surface area contributed by atoms with Gasteiger partial charge in [-0.15, -0.1) is 0 Å². The van der Waals surface area contributed by atoms with E-state index in [1.54, 1.807) is 44.2 Å². The van der Waals surface area contributed by atoms with Crippen LogP contribution in [0.4, 0.5) is 8.78 Å². The van der Waals surface area contributed by atoms with E-state index in [1.807, 2.05) is 0 Å². The summed E-state index contributed by atoms with van der Waals surface area (Å²) in [5, 5.41) is 2.77. The Kier molecular flexibility index (Phi) is 6.84. The summed E-state index contributed by atoms with van der Waals surface area (Å²) in [5.41, 5.74) is 0.515. The number of benzene rings is 3. The Morgan fingerprint density at radius 3 is 2.40 bits per heavy atom. The number of fused-ring (bicyclic) bond motifs is 1. The molecule has 1 N–H and O–H groups in total. The fraction of sp³-hybridized carbons (Fsp3) is 0.192. The van der Waals surface area contributed by atoms with Gasteiger partial charge in [-0.2, -0.15) is 0 Å². The van der Waals surface area contributed by atoms with Crippen LogP contribution in [0.15, 0.2) is 70.3 Å². The Labute approximate surface area is 204 Å². The average Bonchev–Trinajstić information content (AvgIpc) is 2.83. The van der Waals surface area contributed by atoms with Crippen molar-refractivity contribution in [3.8, 4) is 5.69 Å². The van der Waals surface area contributed by atoms with Crippen LogP contribution in [0, 0.1) is 18.6 Å². The number of nitrogens with zero attached hydrogens (tertiary/aromatic N) is 2.